The van der Waals surface area contributed by atoms with Crippen LogP contribution in [0.3, 0.4) is 0 Å². The number of thiol groups is 1. The van der Waals surface area contributed by atoms with Crippen molar-refractivity contribution >= 4 is 12.6 Å². The van der Waals surface area contributed by atoms with E-state index in [4.69, 9.17) is 0 Å². The van der Waals surface area contributed by atoms with E-state index in [1.165, 1.54) is 0 Å². The quantitative estimate of drug-likeness (QED) is 0.469. The minimum atomic E-state index is -0.416. The van der Waals surface area contributed by atoms with Gasteiger partial charge in [0.2, 0.25) is 0 Å². The van der Waals surface area contributed by atoms with Crippen molar-refractivity contribution < 1.29 is 4.92 Å². The molecule has 84 valence electrons. The number of hydrogen-bond acceptors (Lipinski definition) is 4. The number of aromatic nitrogens is 2. The van der Waals surface area contributed by atoms with Crippen LogP contribution in [0.25, 0.3) is 0 Å². The minimum Gasteiger partial charge on any atom is -0.348 e. The Morgan fingerprint density at radius 2 is 2.44 bits per heavy atom. The Hall–Kier alpha value is -1.56. The van der Waals surface area contributed by atoms with Gasteiger partial charge in [-0.1, -0.05) is 6.08 Å². The topological polar surface area (TPSA) is 71.8 Å². The van der Waals surface area contributed by atoms with Crippen molar-refractivity contribution in [1.82, 2.24) is 9.97 Å². The maximum atomic E-state index is 10.7. The van der Waals surface area contributed by atoms with Gasteiger partial charge >= 0.3 is 0 Å². The molecule has 1 atom stereocenters. The van der Waals surface area contributed by atoms with Gasteiger partial charge in [-0.2, -0.15) is 0 Å². The molecule has 1 aliphatic carbocycles. The molecule has 0 spiro atoms. The molecule has 1 aromatic heterocycles. The average molecular weight is 237 g/mol. The predicted octanol–water partition coefficient (Wildman–Crippen LogP) is 2.05. The summed E-state index contributed by atoms with van der Waals surface area (Å²) in [5, 5.41) is 10.7. The zero-order valence-corrected chi connectivity index (χ0v) is 9.57. The number of nitrogens with one attached hydrogen (secondary N) is 1. The van der Waals surface area contributed by atoms with Crippen LogP contribution in [0, 0.1) is 10.1 Å². The number of nitrogens with zero attached hydrogens (tertiary/aromatic N) is 2. The van der Waals surface area contributed by atoms with Gasteiger partial charge in [0.25, 0.3) is 5.70 Å². The fourth-order valence-corrected chi connectivity index (χ4v) is 2.22. The van der Waals surface area contributed by atoms with Gasteiger partial charge in [-0.05, 0) is 19.4 Å². The third-order valence-corrected chi connectivity index (χ3v) is 3.03. The van der Waals surface area contributed by atoms with Crippen LogP contribution in [0.5, 0.6) is 0 Å². The molecule has 0 bridgehead atoms. The van der Waals surface area contributed by atoms with Crippen molar-refractivity contribution in [2.24, 2.45) is 0 Å². The van der Waals surface area contributed by atoms with Crippen molar-refractivity contribution in [3.05, 3.63) is 51.1 Å². The highest BCUT2D eigenvalue weighted by atomic mass is 32.1. The number of aromatic amines is 1. The number of hydrogen-bond donors (Lipinski definition) is 2. The molecule has 0 saturated carbocycles. The van der Waals surface area contributed by atoms with Gasteiger partial charge < -0.3 is 4.98 Å². The van der Waals surface area contributed by atoms with Gasteiger partial charge in [-0.15, -0.1) is 12.6 Å². The zero-order chi connectivity index (χ0) is 11.8. The SMILES string of the molecule is CC1(c2ncc[nH]2)C=C(S)C([N+](=O)[O-])=CC1. The van der Waals surface area contributed by atoms with E-state index in [2.05, 4.69) is 22.6 Å². The zero-order valence-electron chi connectivity index (χ0n) is 8.67. The summed E-state index contributed by atoms with van der Waals surface area (Å²) in [7, 11) is 0. The highest BCUT2D eigenvalue weighted by Crippen LogP contribution is 2.35. The van der Waals surface area contributed by atoms with E-state index < -0.39 is 4.92 Å². The fourth-order valence-electron chi connectivity index (χ4n) is 1.76. The van der Waals surface area contributed by atoms with E-state index in [1.807, 2.05) is 6.92 Å². The first-order valence-corrected chi connectivity index (χ1v) is 5.24. The van der Waals surface area contributed by atoms with Crippen molar-refractivity contribution in [3.8, 4) is 0 Å². The molecule has 0 aromatic carbocycles. The summed E-state index contributed by atoms with van der Waals surface area (Å²) < 4.78 is 0. The van der Waals surface area contributed by atoms with Crippen LogP contribution in [0.2, 0.25) is 0 Å². The van der Waals surface area contributed by atoms with E-state index >= 15 is 0 Å². The third-order valence-electron chi connectivity index (χ3n) is 2.67. The summed E-state index contributed by atoms with van der Waals surface area (Å²) in [6, 6.07) is 0. The molecular formula is C10H11N3O2S. The Labute approximate surface area is 97.8 Å². The van der Waals surface area contributed by atoms with Crippen LogP contribution < -0.4 is 0 Å². The molecule has 1 aromatic rings. The molecular weight excluding hydrogens is 226 g/mol. The maximum Gasteiger partial charge on any atom is 0.278 e. The number of nitro groups is 1. The molecule has 5 nitrogen and oxygen atoms in total. The maximum absolute atomic E-state index is 10.7. The van der Waals surface area contributed by atoms with Gasteiger partial charge in [0.15, 0.2) is 0 Å². The smallest absolute Gasteiger partial charge is 0.278 e. The van der Waals surface area contributed by atoms with Crippen LogP contribution in [-0.4, -0.2) is 14.9 Å². The predicted molar refractivity (Wildman–Crippen MR) is 62.7 cm³/mol. The first-order valence-electron chi connectivity index (χ1n) is 4.79. The highest BCUT2D eigenvalue weighted by molar-refractivity contribution is 7.84. The first-order chi connectivity index (χ1) is 7.53. The molecule has 0 fully saturated rings. The molecule has 1 heterocycles. The van der Waals surface area contributed by atoms with Gasteiger partial charge in [-0.3, -0.25) is 10.1 Å². The van der Waals surface area contributed by atoms with E-state index in [0.717, 1.165) is 5.82 Å². The van der Waals surface area contributed by atoms with Crippen molar-refractivity contribution in [2.75, 3.05) is 0 Å². The summed E-state index contributed by atoms with van der Waals surface area (Å²) in [5.74, 6) is 0.790. The largest absolute Gasteiger partial charge is 0.348 e. The number of H-pyrrole nitrogens is 1. The Balaban J connectivity index is 2.35. The first kappa shape index (κ1) is 10.9. The van der Waals surface area contributed by atoms with E-state index in [9.17, 15) is 10.1 Å². The lowest BCUT2D eigenvalue weighted by Gasteiger charge is -2.25. The Morgan fingerprint density at radius 1 is 1.69 bits per heavy atom. The lowest BCUT2D eigenvalue weighted by molar-refractivity contribution is -0.420. The van der Waals surface area contributed by atoms with Crippen LogP contribution >= 0.6 is 12.6 Å². The van der Waals surface area contributed by atoms with Crippen molar-refractivity contribution in [2.45, 2.75) is 18.8 Å². The van der Waals surface area contributed by atoms with E-state index in [1.54, 1.807) is 24.5 Å². The highest BCUT2D eigenvalue weighted by Gasteiger charge is 2.33. The van der Waals surface area contributed by atoms with Gasteiger partial charge in [0, 0.05) is 17.8 Å². The number of rotatable bonds is 2. The molecule has 1 aliphatic rings. The summed E-state index contributed by atoms with van der Waals surface area (Å²) in [4.78, 5) is 17.9. The second-order valence-electron chi connectivity index (χ2n) is 3.94. The van der Waals surface area contributed by atoms with Gasteiger partial charge in [0.05, 0.1) is 9.83 Å². The molecule has 2 rings (SSSR count). The number of imidazole rings is 1. The van der Waals surface area contributed by atoms with Crippen molar-refractivity contribution in [3.63, 3.8) is 0 Å². The molecule has 0 radical (unpaired) electrons. The number of allylic oxidation sites excluding steroid dienone is 2. The Bertz CT molecular complexity index is 478. The van der Waals surface area contributed by atoms with Crippen LogP contribution in [0.1, 0.15) is 19.2 Å². The molecule has 1 N–H and O–H groups in total. The molecule has 0 saturated heterocycles. The summed E-state index contributed by atoms with van der Waals surface area (Å²) >= 11 is 4.15. The second-order valence-corrected chi connectivity index (χ2v) is 4.42. The van der Waals surface area contributed by atoms with E-state index in [0.29, 0.717) is 11.3 Å². The summed E-state index contributed by atoms with van der Waals surface area (Å²) in [5.41, 5.74) is -0.285. The standard InChI is InChI=1S/C10H11N3O2S/c1-10(9-11-4-5-12-9)3-2-7(13(14)15)8(16)6-10/h2,4-6,16H,3H2,1H3,(H,11,12). The molecule has 0 amide bonds. The van der Waals surface area contributed by atoms with Gasteiger partial charge in [0.1, 0.15) is 5.82 Å². The normalized spacial score (nSPS) is 24.9. The van der Waals surface area contributed by atoms with Crippen LogP contribution in [0.15, 0.2) is 35.1 Å². The monoisotopic (exact) mass is 237 g/mol. The third kappa shape index (κ3) is 1.76. The van der Waals surface area contributed by atoms with Crippen LogP contribution in [-0.2, 0) is 5.41 Å². The molecule has 0 aliphatic heterocycles. The van der Waals surface area contributed by atoms with Crippen molar-refractivity contribution in [1.29, 1.82) is 0 Å². The lowest BCUT2D eigenvalue weighted by atomic mass is 9.82. The summed E-state index contributed by atoms with van der Waals surface area (Å²) in [6.45, 7) is 1.97. The summed E-state index contributed by atoms with van der Waals surface area (Å²) in [6.07, 6.45) is 7.30. The second kappa shape index (κ2) is 3.79. The van der Waals surface area contributed by atoms with Crippen LogP contribution in [0.4, 0.5) is 0 Å². The molecule has 1 unspecified atom stereocenters. The average Bonchev–Trinajstić information content (AvgIpc) is 2.69. The molecule has 16 heavy (non-hydrogen) atoms. The minimum absolute atomic E-state index is 0.0624. The Morgan fingerprint density at radius 3 is 2.94 bits per heavy atom. The fraction of sp³-hybridized carbons (Fsp3) is 0.300. The van der Waals surface area contributed by atoms with E-state index in [-0.39, 0.29) is 11.1 Å². The molecule has 6 heteroatoms. The Kier molecular flexibility index (Phi) is 2.59. The lowest BCUT2D eigenvalue weighted by Crippen LogP contribution is -2.24. The van der Waals surface area contributed by atoms with Gasteiger partial charge in [-0.25, -0.2) is 4.98 Å².